The molecule has 0 fully saturated rings. The smallest absolute Gasteiger partial charge is 0.301 e. The van der Waals surface area contributed by atoms with Crippen LogP contribution in [0.3, 0.4) is 0 Å². The van der Waals surface area contributed by atoms with E-state index >= 15 is 0 Å². The molecular formula is C8H7N3O2. The van der Waals surface area contributed by atoms with Crippen molar-refractivity contribution in [1.82, 2.24) is 14.0 Å². The van der Waals surface area contributed by atoms with E-state index in [0.29, 0.717) is 11.9 Å². The maximum Gasteiger partial charge on any atom is 0.334 e. The lowest BCUT2D eigenvalue weighted by Gasteiger charge is -1.99. The second kappa shape index (κ2) is 2.85. The van der Waals surface area contributed by atoms with E-state index in [9.17, 15) is 9.59 Å². The first-order valence-electron chi connectivity index (χ1n) is 3.79. The molecule has 0 saturated carbocycles. The summed E-state index contributed by atoms with van der Waals surface area (Å²) in [5, 5.41) is 0. The molecule has 2 aromatic rings. The molecule has 5 heteroatoms. The standard InChI is InChI=1S/C8H7N3O2/c12-6-5-10-3-1-7-9-2-4-11(7)8(10)13/h1-4,6H,5H2. The topological polar surface area (TPSA) is 56.4 Å². The molecule has 2 heterocycles. The van der Waals surface area contributed by atoms with Crippen molar-refractivity contribution in [3.05, 3.63) is 35.1 Å². The minimum atomic E-state index is -0.248. The molecule has 0 aromatic carbocycles. The van der Waals surface area contributed by atoms with Gasteiger partial charge in [0.2, 0.25) is 0 Å². The van der Waals surface area contributed by atoms with Crippen LogP contribution in [-0.4, -0.2) is 20.2 Å². The van der Waals surface area contributed by atoms with E-state index in [1.807, 2.05) is 0 Å². The molecule has 5 nitrogen and oxygen atoms in total. The minimum Gasteiger partial charge on any atom is -0.301 e. The third-order valence-corrected chi connectivity index (χ3v) is 1.80. The maximum atomic E-state index is 11.5. The summed E-state index contributed by atoms with van der Waals surface area (Å²) in [6.07, 6.45) is 5.35. The SMILES string of the molecule is O=CCn1ccc2nccn2c1=O. The first-order valence-corrected chi connectivity index (χ1v) is 3.79. The molecule has 66 valence electrons. The van der Waals surface area contributed by atoms with E-state index in [4.69, 9.17) is 0 Å². The van der Waals surface area contributed by atoms with E-state index in [0.717, 1.165) is 0 Å². The Bertz CT molecular complexity index is 497. The fraction of sp³-hybridized carbons (Fsp3) is 0.125. The van der Waals surface area contributed by atoms with Crippen molar-refractivity contribution in [3.8, 4) is 0 Å². The van der Waals surface area contributed by atoms with Crippen LogP contribution in [-0.2, 0) is 11.3 Å². The number of fused-ring (bicyclic) bond motifs is 1. The summed E-state index contributed by atoms with van der Waals surface area (Å²) in [7, 11) is 0. The van der Waals surface area contributed by atoms with Gasteiger partial charge in [0.25, 0.3) is 0 Å². The molecule has 0 spiro atoms. The Morgan fingerprint density at radius 1 is 1.46 bits per heavy atom. The van der Waals surface area contributed by atoms with Crippen molar-refractivity contribution < 1.29 is 4.79 Å². The number of nitrogens with zero attached hydrogens (tertiary/aromatic N) is 3. The van der Waals surface area contributed by atoms with E-state index in [1.54, 1.807) is 24.7 Å². The highest BCUT2D eigenvalue weighted by molar-refractivity contribution is 5.49. The lowest BCUT2D eigenvalue weighted by atomic mass is 10.6. The van der Waals surface area contributed by atoms with Crippen LogP contribution < -0.4 is 5.69 Å². The lowest BCUT2D eigenvalue weighted by molar-refractivity contribution is -0.108. The molecule has 0 amide bonds. The molecule has 0 saturated heterocycles. The van der Waals surface area contributed by atoms with E-state index in [2.05, 4.69) is 4.98 Å². The average molecular weight is 177 g/mol. The zero-order valence-electron chi connectivity index (χ0n) is 6.75. The van der Waals surface area contributed by atoms with E-state index in [1.165, 1.54) is 8.97 Å². The van der Waals surface area contributed by atoms with Gasteiger partial charge in [-0.05, 0) is 6.07 Å². The van der Waals surface area contributed by atoms with Gasteiger partial charge in [-0.15, -0.1) is 0 Å². The van der Waals surface area contributed by atoms with Crippen molar-refractivity contribution >= 4 is 11.9 Å². The van der Waals surface area contributed by atoms with Gasteiger partial charge in [-0.2, -0.15) is 0 Å². The third-order valence-electron chi connectivity index (χ3n) is 1.80. The molecule has 0 radical (unpaired) electrons. The Morgan fingerprint density at radius 3 is 3.08 bits per heavy atom. The number of carbonyl (C=O) groups is 1. The van der Waals surface area contributed by atoms with Gasteiger partial charge < -0.3 is 4.79 Å². The van der Waals surface area contributed by atoms with Gasteiger partial charge in [0.1, 0.15) is 11.9 Å². The highest BCUT2D eigenvalue weighted by Gasteiger charge is 2.00. The summed E-state index contributed by atoms with van der Waals surface area (Å²) in [6, 6.07) is 1.69. The number of hydrogen-bond donors (Lipinski definition) is 0. The Hall–Kier alpha value is -1.91. The summed E-state index contributed by atoms with van der Waals surface area (Å²) < 4.78 is 2.71. The van der Waals surface area contributed by atoms with Crippen LogP contribution in [0.25, 0.3) is 5.65 Å². The highest BCUT2D eigenvalue weighted by Crippen LogP contribution is 1.93. The molecule has 0 atom stereocenters. The quantitative estimate of drug-likeness (QED) is 0.591. The Balaban J connectivity index is 2.73. The van der Waals surface area contributed by atoms with Crippen LogP contribution in [0.2, 0.25) is 0 Å². The first-order chi connectivity index (χ1) is 6.33. The van der Waals surface area contributed by atoms with Crippen LogP contribution in [0.5, 0.6) is 0 Å². The van der Waals surface area contributed by atoms with Crippen LogP contribution >= 0.6 is 0 Å². The fourth-order valence-electron chi connectivity index (χ4n) is 1.18. The number of aromatic nitrogens is 3. The molecule has 0 aliphatic heterocycles. The Morgan fingerprint density at radius 2 is 2.31 bits per heavy atom. The van der Waals surface area contributed by atoms with Gasteiger partial charge in [-0.1, -0.05) is 0 Å². The van der Waals surface area contributed by atoms with Crippen molar-refractivity contribution in [3.63, 3.8) is 0 Å². The number of aldehydes is 1. The zero-order valence-corrected chi connectivity index (χ0v) is 6.75. The monoisotopic (exact) mass is 177 g/mol. The summed E-state index contributed by atoms with van der Waals surface area (Å²) in [6.45, 7) is 0.0763. The summed E-state index contributed by atoms with van der Waals surface area (Å²) in [5.41, 5.74) is 0.342. The van der Waals surface area contributed by atoms with Crippen LogP contribution in [0, 0.1) is 0 Å². The van der Waals surface area contributed by atoms with Crippen molar-refractivity contribution in [2.24, 2.45) is 0 Å². The Labute approximate surface area is 73.3 Å². The van der Waals surface area contributed by atoms with Crippen LogP contribution in [0.4, 0.5) is 0 Å². The van der Waals surface area contributed by atoms with Gasteiger partial charge in [0.15, 0.2) is 0 Å². The minimum absolute atomic E-state index is 0.0763. The highest BCUT2D eigenvalue weighted by atomic mass is 16.1. The molecule has 0 aliphatic rings. The van der Waals surface area contributed by atoms with Gasteiger partial charge in [0.05, 0.1) is 6.54 Å². The molecule has 2 aromatic heterocycles. The average Bonchev–Trinajstić information content (AvgIpc) is 2.58. The zero-order chi connectivity index (χ0) is 9.26. The van der Waals surface area contributed by atoms with Gasteiger partial charge in [-0.3, -0.25) is 8.97 Å². The number of hydrogen-bond acceptors (Lipinski definition) is 3. The number of rotatable bonds is 2. The molecule has 0 aliphatic carbocycles. The summed E-state index contributed by atoms with van der Waals surface area (Å²) >= 11 is 0. The summed E-state index contributed by atoms with van der Waals surface area (Å²) in [5.74, 6) is 0. The molecule has 13 heavy (non-hydrogen) atoms. The lowest BCUT2D eigenvalue weighted by Crippen LogP contribution is -2.25. The van der Waals surface area contributed by atoms with Crippen molar-refractivity contribution in [2.45, 2.75) is 6.54 Å². The van der Waals surface area contributed by atoms with Crippen molar-refractivity contribution in [2.75, 3.05) is 0 Å². The number of carbonyl (C=O) groups excluding carboxylic acids is 1. The van der Waals surface area contributed by atoms with Gasteiger partial charge in [0, 0.05) is 18.6 Å². The van der Waals surface area contributed by atoms with E-state index in [-0.39, 0.29) is 12.2 Å². The molecule has 2 rings (SSSR count). The van der Waals surface area contributed by atoms with E-state index < -0.39 is 0 Å². The second-order valence-electron chi connectivity index (χ2n) is 2.57. The van der Waals surface area contributed by atoms with Gasteiger partial charge >= 0.3 is 5.69 Å². The second-order valence-corrected chi connectivity index (χ2v) is 2.57. The first kappa shape index (κ1) is 7.72. The largest absolute Gasteiger partial charge is 0.334 e. The summed E-state index contributed by atoms with van der Waals surface area (Å²) in [4.78, 5) is 25.7. The van der Waals surface area contributed by atoms with Crippen molar-refractivity contribution in [1.29, 1.82) is 0 Å². The van der Waals surface area contributed by atoms with Crippen LogP contribution in [0.15, 0.2) is 29.5 Å². The molecular weight excluding hydrogens is 170 g/mol. The van der Waals surface area contributed by atoms with Gasteiger partial charge in [-0.25, -0.2) is 9.78 Å². The Kier molecular flexibility index (Phi) is 1.70. The third kappa shape index (κ3) is 1.14. The maximum absolute atomic E-state index is 11.5. The molecule has 0 N–H and O–H groups in total. The fourth-order valence-corrected chi connectivity index (χ4v) is 1.18. The number of imidazole rings is 1. The molecule has 0 bridgehead atoms. The molecule has 0 unspecified atom stereocenters. The normalized spacial score (nSPS) is 10.5. The van der Waals surface area contributed by atoms with Crippen LogP contribution in [0.1, 0.15) is 0 Å². The predicted molar refractivity (Wildman–Crippen MR) is 45.5 cm³/mol. The predicted octanol–water partition coefficient (Wildman–Crippen LogP) is -0.305.